The molecular formula is C20H24N2O6. The predicted molar refractivity (Wildman–Crippen MR) is 104 cm³/mol. The number of carbonyl (C=O) groups is 1. The molecule has 0 bridgehead atoms. The van der Waals surface area contributed by atoms with Crippen molar-refractivity contribution in [1.82, 2.24) is 5.32 Å². The number of hydrogen-bond acceptors (Lipinski definition) is 6. The minimum Gasteiger partial charge on any atom is -0.490 e. The predicted octanol–water partition coefficient (Wildman–Crippen LogP) is 3.89. The molecule has 0 heterocycles. The first-order valence-corrected chi connectivity index (χ1v) is 8.94. The van der Waals surface area contributed by atoms with E-state index in [1.807, 2.05) is 32.9 Å². The fourth-order valence-electron chi connectivity index (χ4n) is 2.67. The fraction of sp³-hybridized carbons (Fsp3) is 0.350. The molecular weight excluding hydrogens is 364 g/mol. The summed E-state index contributed by atoms with van der Waals surface area (Å²) in [6.45, 7) is 6.59. The molecule has 0 radical (unpaired) electrons. The lowest BCUT2D eigenvalue weighted by Crippen LogP contribution is -2.26. The van der Waals surface area contributed by atoms with Crippen LogP contribution in [0, 0.1) is 10.1 Å². The van der Waals surface area contributed by atoms with Gasteiger partial charge in [0, 0.05) is 11.6 Å². The van der Waals surface area contributed by atoms with Crippen LogP contribution in [0.4, 0.5) is 5.69 Å². The van der Waals surface area contributed by atoms with Gasteiger partial charge in [-0.2, -0.15) is 0 Å². The molecule has 0 aliphatic heterocycles. The number of methoxy groups -OCH3 is 1. The van der Waals surface area contributed by atoms with E-state index >= 15 is 0 Å². The first kappa shape index (κ1) is 21.0. The molecule has 2 aromatic carbocycles. The second kappa shape index (κ2) is 9.59. The maximum absolute atomic E-state index is 12.6. The molecule has 2 aromatic rings. The van der Waals surface area contributed by atoms with Crippen molar-refractivity contribution >= 4 is 11.6 Å². The van der Waals surface area contributed by atoms with Crippen LogP contribution in [-0.2, 0) is 0 Å². The van der Waals surface area contributed by atoms with Gasteiger partial charge < -0.3 is 19.5 Å². The molecule has 8 heteroatoms. The molecule has 0 saturated carbocycles. The van der Waals surface area contributed by atoms with Gasteiger partial charge in [0.1, 0.15) is 0 Å². The SMILES string of the molecule is CCOc1ccc(C(C)NC(=O)c2ccc(OC)c([N+](=O)[O-])c2)cc1OCC. The van der Waals surface area contributed by atoms with Crippen LogP contribution in [0.25, 0.3) is 0 Å². The quantitative estimate of drug-likeness (QED) is 0.517. The lowest BCUT2D eigenvalue weighted by atomic mass is 10.1. The Labute approximate surface area is 163 Å². The van der Waals surface area contributed by atoms with E-state index in [1.54, 1.807) is 6.07 Å². The highest BCUT2D eigenvalue weighted by molar-refractivity contribution is 5.95. The number of hydrogen-bond donors (Lipinski definition) is 1. The van der Waals surface area contributed by atoms with E-state index < -0.39 is 10.8 Å². The largest absolute Gasteiger partial charge is 0.490 e. The van der Waals surface area contributed by atoms with Gasteiger partial charge in [0.2, 0.25) is 0 Å². The molecule has 0 aromatic heterocycles. The van der Waals surface area contributed by atoms with Crippen LogP contribution in [0.15, 0.2) is 36.4 Å². The summed E-state index contributed by atoms with van der Waals surface area (Å²) in [5, 5.41) is 14.0. The normalized spacial score (nSPS) is 11.4. The van der Waals surface area contributed by atoms with Crippen molar-refractivity contribution in [2.75, 3.05) is 20.3 Å². The smallest absolute Gasteiger partial charge is 0.311 e. The van der Waals surface area contributed by atoms with E-state index in [0.717, 1.165) is 5.56 Å². The maximum Gasteiger partial charge on any atom is 0.311 e. The van der Waals surface area contributed by atoms with Crippen LogP contribution < -0.4 is 19.5 Å². The third-order valence-electron chi connectivity index (χ3n) is 4.05. The third-order valence-corrected chi connectivity index (χ3v) is 4.05. The summed E-state index contributed by atoms with van der Waals surface area (Å²) in [7, 11) is 1.34. The number of nitro benzene ring substituents is 1. The zero-order valence-electron chi connectivity index (χ0n) is 16.4. The van der Waals surface area contributed by atoms with Gasteiger partial charge in [0.15, 0.2) is 17.2 Å². The van der Waals surface area contributed by atoms with Gasteiger partial charge in [-0.1, -0.05) is 6.07 Å². The van der Waals surface area contributed by atoms with E-state index in [1.165, 1.54) is 25.3 Å². The van der Waals surface area contributed by atoms with Crippen molar-refractivity contribution in [3.63, 3.8) is 0 Å². The molecule has 1 amide bonds. The number of amides is 1. The van der Waals surface area contributed by atoms with Gasteiger partial charge in [0.05, 0.1) is 31.3 Å². The summed E-state index contributed by atoms with van der Waals surface area (Å²) < 4.78 is 16.1. The Hall–Kier alpha value is -3.29. The van der Waals surface area contributed by atoms with Crippen molar-refractivity contribution in [3.8, 4) is 17.2 Å². The maximum atomic E-state index is 12.6. The summed E-state index contributed by atoms with van der Waals surface area (Å²) in [6, 6.07) is 9.20. The first-order valence-electron chi connectivity index (χ1n) is 8.94. The van der Waals surface area contributed by atoms with Crippen LogP contribution in [0.3, 0.4) is 0 Å². The molecule has 1 atom stereocenters. The van der Waals surface area contributed by atoms with Crippen molar-refractivity contribution in [3.05, 3.63) is 57.6 Å². The van der Waals surface area contributed by atoms with Crippen LogP contribution in [0.2, 0.25) is 0 Å². The van der Waals surface area contributed by atoms with Crippen LogP contribution in [-0.4, -0.2) is 31.2 Å². The minimum atomic E-state index is -0.583. The standard InChI is InChI=1S/C20H24N2O6/c1-5-27-18-10-7-14(12-19(18)28-6-2)13(3)21-20(23)15-8-9-17(26-4)16(11-15)22(24)25/h7-13H,5-6H2,1-4H3,(H,21,23). The summed E-state index contributed by atoms with van der Waals surface area (Å²) in [5.41, 5.74) is 0.737. The third kappa shape index (κ3) is 4.91. The number of carbonyl (C=O) groups excluding carboxylic acids is 1. The second-order valence-electron chi connectivity index (χ2n) is 5.91. The highest BCUT2D eigenvalue weighted by Gasteiger charge is 2.20. The van der Waals surface area contributed by atoms with Crippen LogP contribution >= 0.6 is 0 Å². The minimum absolute atomic E-state index is 0.0995. The van der Waals surface area contributed by atoms with Crippen molar-refractivity contribution in [2.45, 2.75) is 26.8 Å². The van der Waals surface area contributed by atoms with Crippen LogP contribution in [0.5, 0.6) is 17.2 Å². The van der Waals surface area contributed by atoms with E-state index in [4.69, 9.17) is 14.2 Å². The van der Waals surface area contributed by atoms with Gasteiger partial charge in [-0.25, -0.2) is 0 Å². The average Bonchev–Trinajstić information content (AvgIpc) is 2.68. The van der Waals surface area contributed by atoms with E-state index in [9.17, 15) is 14.9 Å². The Kier molecular flexibility index (Phi) is 7.20. The van der Waals surface area contributed by atoms with E-state index in [2.05, 4.69) is 5.32 Å². The van der Waals surface area contributed by atoms with Crippen molar-refractivity contribution in [2.24, 2.45) is 0 Å². The number of nitrogens with zero attached hydrogens (tertiary/aromatic N) is 1. The Morgan fingerprint density at radius 1 is 1.07 bits per heavy atom. The number of nitro groups is 1. The lowest BCUT2D eigenvalue weighted by Gasteiger charge is -2.17. The molecule has 150 valence electrons. The Balaban J connectivity index is 2.21. The topological polar surface area (TPSA) is 99.9 Å². The molecule has 28 heavy (non-hydrogen) atoms. The Bertz CT molecular complexity index is 853. The van der Waals surface area contributed by atoms with Gasteiger partial charge in [-0.15, -0.1) is 0 Å². The van der Waals surface area contributed by atoms with Crippen molar-refractivity contribution in [1.29, 1.82) is 0 Å². The second-order valence-corrected chi connectivity index (χ2v) is 5.91. The summed E-state index contributed by atoms with van der Waals surface area (Å²) in [4.78, 5) is 23.1. The molecule has 0 aliphatic rings. The van der Waals surface area contributed by atoms with Gasteiger partial charge >= 0.3 is 5.69 Å². The molecule has 0 fully saturated rings. The summed E-state index contributed by atoms with van der Waals surface area (Å²) in [6.07, 6.45) is 0. The number of rotatable bonds is 9. The molecule has 0 saturated heterocycles. The lowest BCUT2D eigenvalue weighted by molar-refractivity contribution is -0.385. The summed E-state index contributed by atoms with van der Waals surface area (Å²) >= 11 is 0. The fourth-order valence-corrected chi connectivity index (χ4v) is 2.67. The molecule has 2 rings (SSSR count). The van der Waals surface area contributed by atoms with Gasteiger partial charge in [-0.05, 0) is 50.6 Å². The molecule has 0 spiro atoms. The van der Waals surface area contributed by atoms with E-state index in [-0.39, 0.29) is 23.0 Å². The van der Waals surface area contributed by atoms with Crippen LogP contribution in [0.1, 0.15) is 42.7 Å². The van der Waals surface area contributed by atoms with Gasteiger partial charge in [-0.3, -0.25) is 14.9 Å². The van der Waals surface area contributed by atoms with Gasteiger partial charge in [0.25, 0.3) is 5.91 Å². The number of nitrogens with one attached hydrogen (secondary N) is 1. The molecule has 0 aliphatic carbocycles. The molecule has 1 N–H and O–H groups in total. The Morgan fingerprint density at radius 3 is 2.32 bits per heavy atom. The average molecular weight is 388 g/mol. The summed E-state index contributed by atoms with van der Waals surface area (Å²) in [5.74, 6) is 0.910. The monoisotopic (exact) mass is 388 g/mol. The van der Waals surface area contributed by atoms with E-state index in [0.29, 0.717) is 24.7 Å². The highest BCUT2D eigenvalue weighted by Crippen LogP contribution is 2.31. The zero-order valence-corrected chi connectivity index (χ0v) is 16.4. The Morgan fingerprint density at radius 2 is 1.71 bits per heavy atom. The first-order chi connectivity index (χ1) is 13.4. The highest BCUT2D eigenvalue weighted by atomic mass is 16.6. The molecule has 1 unspecified atom stereocenters. The molecule has 8 nitrogen and oxygen atoms in total. The zero-order chi connectivity index (χ0) is 20.7. The number of benzene rings is 2. The van der Waals surface area contributed by atoms with Crippen molar-refractivity contribution < 1.29 is 23.9 Å². The number of ether oxygens (including phenoxy) is 3.